The number of rotatable bonds is 4. The van der Waals surface area contributed by atoms with Crippen molar-refractivity contribution in [1.82, 2.24) is 19.9 Å². The molecule has 2 aromatic heterocycles. The van der Waals surface area contributed by atoms with Crippen LogP contribution >= 0.6 is 0 Å². The smallest absolute Gasteiger partial charge is 0.226 e. The molecule has 1 aromatic carbocycles. The highest BCUT2D eigenvalue weighted by Gasteiger charge is 2.11. The number of aromatic nitrogens is 4. The van der Waals surface area contributed by atoms with Gasteiger partial charge in [-0.15, -0.1) is 0 Å². The molecule has 0 aliphatic carbocycles. The molecule has 0 unspecified atom stereocenters. The minimum absolute atomic E-state index is 0.527. The molecule has 0 atom stereocenters. The van der Waals surface area contributed by atoms with Crippen molar-refractivity contribution in [3.63, 3.8) is 0 Å². The molecule has 0 radical (unpaired) electrons. The van der Waals surface area contributed by atoms with Gasteiger partial charge in [-0.2, -0.15) is 9.97 Å². The fraction of sp³-hybridized carbons (Fsp3) is 0.214. The Labute approximate surface area is 122 Å². The van der Waals surface area contributed by atoms with Crippen molar-refractivity contribution in [3.05, 3.63) is 30.6 Å². The van der Waals surface area contributed by atoms with Gasteiger partial charge in [0, 0.05) is 21.1 Å². The van der Waals surface area contributed by atoms with E-state index in [1.165, 1.54) is 0 Å². The Hall–Kier alpha value is -2.83. The van der Waals surface area contributed by atoms with Crippen LogP contribution in [0.15, 0.2) is 30.6 Å². The van der Waals surface area contributed by atoms with Crippen LogP contribution in [-0.4, -0.2) is 41.1 Å². The average Bonchev–Trinajstić information content (AvgIpc) is 2.96. The molecule has 7 nitrogen and oxygen atoms in total. The van der Waals surface area contributed by atoms with Gasteiger partial charge in [0.15, 0.2) is 11.5 Å². The normalized spacial score (nSPS) is 10.6. The lowest BCUT2D eigenvalue weighted by Gasteiger charge is -2.18. The summed E-state index contributed by atoms with van der Waals surface area (Å²) in [7, 11) is 5.79. The predicted molar refractivity (Wildman–Crippen MR) is 85.3 cm³/mol. The third-order valence-corrected chi connectivity index (χ3v) is 3.15. The van der Waals surface area contributed by atoms with Crippen LogP contribution in [0.25, 0.3) is 11.2 Å². The van der Waals surface area contributed by atoms with E-state index < -0.39 is 0 Å². The van der Waals surface area contributed by atoms with Crippen LogP contribution < -0.4 is 15.5 Å². The summed E-state index contributed by atoms with van der Waals surface area (Å²) in [4.78, 5) is 18.1. The van der Waals surface area contributed by atoms with Crippen LogP contribution in [0.2, 0.25) is 0 Å². The van der Waals surface area contributed by atoms with E-state index in [4.69, 9.17) is 0 Å². The number of benzene rings is 1. The average molecular weight is 283 g/mol. The van der Waals surface area contributed by atoms with Crippen LogP contribution in [0.5, 0.6) is 0 Å². The molecule has 2 heterocycles. The third-order valence-electron chi connectivity index (χ3n) is 3.15. The lowest BCUT2D eigenvalue weighted by Crippen LogP contribution is -2.11. The zero-order valence-electron chi connectivity index (χ0n) is 12.2. The lowest BCUT2D eigenvalue weighted by atomic mass is 10.2. The van der Waals surface area contributed by atoms with E-state index in [0.29, 0.717) is 17.4 Å². The third kappa shape index (κ3) is 2.45. The Morgan fingerprint density at radius 2 is 1.95 bits per heavy atom. The van der Waals surface area contributed by atoms with Crippen LogP contribution in [0, 0.1) is 0 Å². The molecule has 0 bridgehead atoms. The molecule has 108 valence electrons. The number of hydrogen-bond acceptors (Lipinski definition) is 6. The first kappa shape index (κ1) is 13.2. The second-order valence-electron chi connectivity index (χ2n) is 4.78. The van der Waals surface area contributed by atoms with E-state index in [9.17, 15) is 0 Å². The van der Waals surface area contributed by atoms with Gasteiger partial charge < -0.3 is 20.5 Å². The first-order valence-electron chi connectivity index (χ1n) is 6.61. The van der Waals surface area contributed by atoms with Crippen molar-refractivity contribution in [2.75, 3.05) is 36.7 Å². The quantitative estimate of drug-likeness (QED) is 0.681. The maximum Gasteiger partial charge on any atom is 0.226 e. The highest BCUT2D eigenvalue weighted by molar-refractivity contribution is 5.88. The van der Waals surface area contributed by atoms with E-state index >= 15 is 0 Å². The number of para-hydroxylation sites is 2. The van der Waals surface area contributed by atoms with E-state index in [-0.39, 0.29) is 0 Å². The summed E-state index contributed by atoms with van der Waals surface area (Å²) >= 11 is 0. The fourth-order valence-corrected chi connectivity index (χ4v) is 2.13. The Morgan fingerprint density at radius 3 is 2.71 bits per heavy atom. The SMILES string of the molecule is CNc1nc(Nc2ccccc2N(C)C)c2[nH]cnc2n1. The van der Waals surface area contributed by atoms with Gasteiger partial charge in [0.2, 0.25) is 5.95 Å². The lowest BCUT2D eigenvalue weighted by molar-refractivity contribution is 1.13. The Balaban J connectivity index is 2.07. The van der Waals surface area contributed by atoms with Crippen LogP contribution in [-0.2, 0) is 0 Å². The monoisotopic (exact) mass is 283 g/mol. The van der Waals surface area contributed by atoms with Crippen molar-refractivity contribution >= 4 is 34.3 Å². The molecule has 0 aliphatic rings. The maximum absolute atomic E-state index is 4.46. The van der Waals surface area contributed by atoms with Gasteiger partial charge in [-0.05, 0) is 12.1 Å². The van der Waals surface area contributed by atoms with Gasteiger partial charge in [0.25, 0.3) is 0 Å². The summed E-state index contributed by atoms with van der Waals surface area (Å²) in [5.41, 5.74) is 3.45. The van der Waals surface area contributed by atoms with E-state index in [0.717, 1.165) is 16.9 Å². The van der Waals surface area contributed by atoms with Gasteiger partial charge in [-0.3, -0.25) is 0 Å². The first-order valence-corrected chi connectivity index (χ1v) is 6.61. The number of nitrogens with zero attached hydrogens (tertiary/aromatic N) is 4. The summed E-state index contributed by atoms with van der Waals surface area (Å²) in [5, 5.41) is 6.30. The topological polar surface area (TPSA) is 81.8 Å². The predicted octanol–water partition coefficient (Wildman–Crippen LogP) is 2.20. The van der Waals surface area contributed by atoms with Gasteiger partial charge in [-0.1, -0.05) is 12.1 Å². The van der Waals surface area contributed by atoms with E-state index in [1.54, 1.807) is 13.4 Å². The summed E-state index contributed by atoms with van der Waals surface area (Å²) < 4.78 is 0. The number of aromatic amines is 1. The van der Waals surface area contributed by atoms with Crippen molar-refractivity contribution in [3.8, 4) is 0 Å². The van der Waals surface area contributed by atoms with Gasteiger partial charge in [-0.25, -0.2) is 4.98 Å². The zero-order valence-corrected chi connectivity index (χ0v) is 12.2. The summed E-state index contributed by atoms with van der Waals surface area (Å²) in [6.45, 7) is 0. The second kappa shape index (κ2) is 5.28. The molecule has 7 heteroatoms. The van der Waals surface area contributed by atoms with Crippen molar-refractivity contribution < 1.29 is 0 Å². The molecule has 0 aliphatic heterocycles. The summed E-state index contributed by atoms with van der Waals surface area (Å²) in [6, 6.07) is 8.05. The highest BCUT2D eigenvalue weighted by atomic mass is 15.2. The number of H-pyrrole nitrogens is 1. The van der Waals surface area contributed by atoms with Crippen molar-refractivity contribution in [2.24, 2.45) is 0 Å². The molecule has 0 amide bonds. The Bertz CT molecular complexity index is 763. The Morgan fingerprint density at radius 1 is 1.14 bits per heavy atom. The standard InChI is InChI=1S/C14H17N7/c1-15-14-19-12-11(16-8-17-12)13(20-14)18-9-6-4-5-7-10(9)21(2)3/h4-8H,1-3H3,(H3,15,16,17,18,19,20). The molecule has 21 heavy (non-hydrogen) atoms. The van der Waals surface area contributed by atoms with Crippen molar-refractivity contribution in [1.29, 1.82) is 0 Å². The van der Waals surface area contributed by atoms with Crippen LogP contribution in [0.4, 0.5) is 23.1 Å². The first-order chi connectivity index (χ1) is 10.2. The van der Waals surface area contributed by atoms with Gasteiger partial charge in [0.1, 0.15) is 5.52 Å². The van der Waals surface area contributed by atoms with E-state index in [2.05, 4.69) is 30.6 Å². The molecule has 3 aromatic rings. The van der Waals surface area contributed by atoms with E-state index in [1.807, 2.05) is 43.3 Å². The van der Waals surface area contributed by atoms with Gasteiger partial charge >= 0.3 is 0 Å². The molecule has 0 fully saturated rings. The van der Waals surface area contributed by atoms with Gasteiger partial charge in [0.05, 0.1) is 17.7 Å². The molecular formula is C14H17N7. The largest absolute Gasteiger partial charge is 0.376 e. The number of imidazole rings is 1. The molecule has 3 rings (SSSR count). The van der Waals surface area contributed by atoms with Crippen LogP contribution in [0.1, 0.15) is 0 Å². The molecule has 0 spiro atoms. The molecule has 0 saturated heterocycles. The molecule has 3 N–H and O–H groups in total. The molecule has 0 saturated carbocycles. The maximum atomic E-state index is 4.46. The Kier molecular flexibility index (Phi) is 3.31. The highest BCUT2D eigenvalue weighted by Crippen LogP contribution is 2.29. The van der Waals surface area contributed by atoms with Crippen molar-refractivity contribution in [2.45, 2.75) is 0 Å². The minimum Gasteiger partial charge on any atom is -0.376 e. The number of anilines is 4. The number of nitrogens with one attached hydrogen (secondary N) is 3. The fourth-order valence-electron chi connectivity index (χ4n) is 2.13. The summed E-state index contributed by atoms with van der Waals surface area (Å²) in [5.74, 6) is 1.22. The number of fused-ring (bicyclic) bond motifs is 1. The zero-order chi connectivity index (χ0) is 14.8. The molecular weight excluding hydrogens is 266 g/mol. The number of hydrogen-bond donors (Lipinski definition) is 3. The second-order valence-corrected chi connectivity index (χ2v) is 4.78. The minimum atomic E-state index is 0.527. The summed E-state index contributed by atoms with van der Waals surface area (Å²) in [6.07, 6.45) is 1.61. The van der Waals surface area contributed by atoms with Crippen LogP contribution in [0.3, 0.4) is 0 Å².